The Morgan fingerprint density at radius 1 is 0.625 bits per heavy atom. The summed E-state index contributed by atoms with van der Waals surface area (Å²) in [5, 5.41) is 0. The molecule has 4 amide bonds. The average molecular weight is 758 g/mol. The van der Waals surface area contributed by atoms with E-state index in [0.29, 0.717) is 37.7 Å². The van der Waals surface area contributed by atoms with Crippen LogP contribution in [-0.4, -0.2) is 76.1 Å². The molecule has 56 heavy (non-hydrogen) atoms. The van der Waals surface area contributed by atoms with E-state index in [4.69, 9.17) is 9.47 Å². The number of imide groups is 2. The van der Waals surface area contributed by atoms with E-state index in [-0.39, 0.29) is 23.9 Å². The third-order valence-corrected chi connectivity index (χ3v) is 9.30. The molecular formula is C47H55N3O6. The van der Waals surface area contributed by atoms with Crippen LogP contribution in [0.2, 0.25) is 0 Å². The number of likely N-dealkylation sites (tertiary alicyclic amines) is 2. The van der Waals surface area contributed by atoms with Crippen molar-refractivity contribution in [1.29, 1.82) is 0 Å². The number of nitrogens with zero attached hydrogens (tertiary/aromatic N) is 3. The molecule has 0 aliphatic carbocycles. The summed E-state index contributed by atoms with van der Waals surface area (Å²) in [5.41, 5.74) is 6.16. The summed E-state index contributed by atoms with van der Waals surface area (Å²) in [6.07, 6.45) is 3.50. The Hall–Kier alpha value is -5.70. The van der Waals surface area contributed by atoms with E-state index in [1.807, 2.05) is 76.2 Å². The van der Waals surface area contributed by atoms with Crippen LogP contribution in [0.4, 0.5) is 9.59 Å². The standard InChI is InChI=1S/C25H30N2O3.C22H25NO3/c1-25(2,3)30-24(29)27-22(16-21(23(27)28)17-26(4)5)15-18-11-13-20(14-12-18)19-9-7-6-8-10-19;1-22(2,3)26-21(25)23-19(13-14-20(23)24)15-16-9-11-18(12-10-16)17-7-5-4-6-8-17/h6-14,17,22H,15-16H2,1-5H3;4-12,19H,13-15H2,1-3H3/t22-;19-/m10/s1. The van der Waals surface area contributed by atoms with Gasteiger partial charge in [-0.3, -0.25) is 9.59 Å². The highest BCUT2D eigenvalue weighted by molar-refractivity contribution is 6.05. The van der Waals surface area contributed by atoms with Crippen LogP contribution in [0.15, 0.2) is 121 Å². The van der Waals surface area contributed by atoms with Crippen LogP contribution in [0.1, 0.15) is 71.9 Å². The second kappa shape index (κ2) is 17.8. The number of amides is 4. The van der Waals surface area contributed by atoms with Gasteiger partial charge in [-0.2, -0.15) is 0 Å². The summed E-state index contributed by atoms with van der Waals surface area (Å²) in [7, 11) is 3.74. The molecule has 0 N–H and O–H groups in total. The van der Waals surface area contributed by atoms with Crippen molar-refractivity contribution in [2.24, 2.45) is 0 Å². The zero-order valence-electron chi connectivity index (χ0n) is 34.0. The summed E-state index contributed by atoms with van der Waals surface area (Å²) in [6, 6.07) is 36.6. The lowest BCUT2D eigenvalue weighted by Gasteiger charge is -2.27. The van der Waals surface area contributed by atoms with E-state index in [2.05, 4.69) is 72.8 Å². The van der Waals surface area contributed by atoms with Gasteiger partial charge in [-0.25, -0.2) is 19.4 Å². The molecule has 4 aromatic carbocycles. The van der Waals surface area contributed by atoms with Gasteiger partial charge in [-0.1, -0.05) is 109 Å². The lowest BCUT2D eigenvalue weighted by molar-refractivity contribution is -0.128. The SMILES string of the molecule is CC(C)(C)OC(=O)N1C(=O)CC[C@H]1Cc1ccc(-c2ccccc2)cc1.CN(C)C=C1C[C@@H](Cc2ccc(-c3ccccc3)cc2)N(C(=O)OC(C)(C)C)C1=O. The molecular weight excluding hydrogens is 703 g/mol. The molecule has 2 atom stereocenters. The monoisotopic (exact) mass is 757 g/mol. The molecule has 0 aromatic heterocycles. The number of rotatable bonds is 7. The molecule has 0 radical (unpaired) electrons. The Kier molecular flexibility index (Phi) is 13.2. The second-order valence-electron chi connectivity index (χ2n) is 16.6. The van der Waals surface area contributed by atoms with Crippen molar-refractivity contribution < 1.29 is 28.7 Å². The fraction of sp³-hybridized carbons (Fsp3) is 0.362. The van der Waals surface area contributed by atoms with Crippen LogP contribution in [0.5, 0.6) is 0 Å². The molecule has 0 saturated carbocycles. The molecule has 4 aromatic rings. The molecule has 9 heteroatoms. The van der Waals surface area contributed by atoms with Crippen molar-refractivity contribution in [2.45, 2.75) is 96.9 Å². The highest BCUT2D eigenvalue weighted by Crippen LogP contribution is 2.30. The molecule has 9 nitrogen and oxygen atoms in total. The minimum absolute atomic E-state index is 0.139. The van der Waals surface area contributed by atoms with E-state index in [9.17, 15) is 19.2 Å². The van der Waals surface area contributed by atoms with Gasteiger partial charge in [0.2, 0.25) is 5.91 Å². The first-order valence-electron chi connectivity index (χ1n) is 19.2. The zero-order chi connectivity index (χ0) is 40.6. The van der Waals surface area contributed by atoms with E-state index < -0.39 is 23.4 Å². The van der Waals surface area contributed by atoms with Crippen molar-refractivity contribution >= 4 is 24.0 Å². The smallest absolute Gasteiger partial charge is 0.417 e. The molecule has 2 heterocycles. The first-order chi connectivity index (χ1) is 26.5. The van der Waals surface area contributed by atoms with E-state index in [1.165, 1.54) is 15.4 Å². The van der Waals surface area contributed by atoms with Gasteiger partial charge in [-0.15, -0.1) is 0 Å². The maximum atomic E-state index is 12.9. The Morgan fingerprint density at radius 3 is 1.46 bits per heavy atom. The van der Waals surface area contributed by atoms with Gasteiger partial charge in [0.25, 0.3) is 5.91 Å². The van der Waals surface area contributed by atoms with Gasteiger partial charge in [0.15, 0.2) is 0 Å². The van der Waals surface area contributed by atoms with E-state index in [1.54, 1.807) is 27.0 Å². The van der Waals surface area contributed by atoms with Gasteiger partial charge < -0.3 is 14.4 Å². The van der Waals surface area contributed by atoms with Gasteiger partial charge in [0.1, 0.15) is 11.2 Å². The molecule has 6 rings (SSSR count). The maximum absolute atomic E-state index is 12.9. The van der Waals surface area contributed by atoms with Gasteiger partial charge in [0.05, 0.1) is 6.04 Å². The van der Waals surface area contributed by atoms with Crippen LogP contribution < -0.4 is 0 Å². The maximum Gasteiger partial charge on any atom is 0.417 e. The number of carbonyl (C=O) groups is 4. The van der Waals surface area contributed by atoms with Crippen LogP contribution in [0.25, 0.3) is 22.3 Å². The van der Waals surface area contributed by atoms with Gasteiger partial charge >= 0.3 is 12.2 Å². The van der Waals surface area contributed by atoms with Gasteiger partial charge in [0, 0.05) is 44.8 Å². The van der Waals surface area contributed by atoms with Crippen LogP contribution >= 0.6 is 0 Å². The highest BCUT2D eigenvalue weighted by Gasteiger charge is 2.42. The quantitative estimate of drug-likeness (QED) is 0.173. The van der Waals surface area contributed by atoms with Crippen molar-refractivity contribution in [3.05, 3.63) is 132 Å². The first-order valence-corrected chi connectivity index (χ1v) is 19.2. The third kappa shape index (κ3) is 11.4. The molecule has 0 bridgehead atoms. The predicted octanol–water partition coefficient (Wildman–Crippen LogP) is 9.70. The summed E-state index contributed by atoms with van der Waals surface area (Å²) in [4.78, 5) is 54.7. The van der Waals surface area contributed by atoms with E-state index >= 15 is 0 Å². The molecule has 2 aliphatic rings. The predicted molar refractivity (Wildman–Crippen MR) is 221 cm³/mol. The Balaban J connectivity index is 0.000000216. The Labute approximate surface area is 331 Å². The van der Waals surface area contributed by atoms with E-state index in [0.717, 1.165) is 27.8 Å². The average Bonchev–Trinajstić information content (AvgIpc) is 3.65. The van der Waals surface area contributed by atoms with Crippen molar-refractivity contribution in [2.75, 3.05) is 14.1 Å². The Morgan fingerprint density at radius 2 is 1.04 bits per heavy atom. The largest absolute Gasteiger partial charge is 0.443 e. The summed E-state index contributed by atoms with van der Waals surface area (Å²) < 4.78 is 10.9. The summed E-state index contributed by atoms with van der Waals surface area (Å²) in [5.74, 6) is -0.422. The highest BCUT2D eigenvalue weighted by atomic mass is 16.6. The number of ether oxygens (including phenoxy) is 2. The lowest BCUT2D eigenvalue weighted by atomic mass is 9.99. The van der Waals surface area contributed by atoms with Crippen molar-refractivity contribution in [3.8, 4) is 22.3 Å². The summed E-state index contributed by atoms with van der Waals surface area (Å²) in [6.45, 7) is 10.8. The summed E-state index contributed by atoms with van der Waals surface area (Å²) >= 11 is 0. The topological polar surface area (TPSA) is 96.5 Å². The number of carbonyl (C=O) groups excluding carboxylic acids is 4. The van der Waals surface area contributed by atoms with Crippen LogP contribution in [0.3, 0.4) is 0 Å². The number of hydrogen-bond donors (Lipinski definition) is 0. The van der Waals surface area contributed by atoms with Crippen LogP contribution in [-0.2, 0) is 31.9 Å². The molecule has 2 saturated heterocycles. The van der Waals surface area contributed by atoms with Gasteiger partial charge in [-0.05, 0) is 94.2 Å². The Bertz CT molecular complexity index is 1990. The number of benzene rings is 4. The number of hydrogen-bond acceptors (Lipinski definition) is 7. The zero-order valence-corrected chi connectivity index (χ0v) is 34.0. The minimum Gasteiger partial charge on any atom is -0.443 e. The molecule has 294 valence electrons. The molecule has 2 fully saturated rings. The van der Waals surface area contributed by atoms with Crippen LogP contribution in [0, 0.1) is 0 Å². The second-order valence-corrected chi connectivity index (χ2v) is 16.6. The molecule has 0 spiro atoms. The fourth-order valence-electron chi connectivity index (χ4n) is 6.85. The third-order valence-electron chi connectivity index (χ3n) is 9.30. The fourth-order valence-corrected chi connectivity index (χ4v) is 6.85. The molecule has 0 unspecified atom stereocenters. The van der Waals surface area contributed by atoms with Crippen molar-refractivity contribution in [3.63, 3.8) is 0 Å². The normalized spacial score (nSPS) is 17.8. The first kappa shape index (κ1) is 41.5. The van der Waals surface area contributed by atoms with Crippen molar-refractivity contribution in [1.82, 2.24) is 14.7 Å². The minimum atomic E-state index is -0.659. The molecule has 2 aliphatic heterocycles. The lowest BCUT2D eigenvalue weighted by Crippen LogP contribution is -2.43.